The summed E-state index contributed by atoms with van der Waals surface area (Å²) in [7, 11) is 0. The average Bonchev–Trinajstić information content (AvgIpc) is 3.35. The summed E-state index contributed by atoms with van der Waals surface area (Å²) >= 11 is 1.78. The third-order valence-corrected chi connectivity index (χ3v) is 5.25. The lowest BCUT2D eigenvalue weighted by molar-refractivity contribution is 0.965. The Kier molecular flexibility index (Phi) is 12.9. The topological polar surface area (TPSA) is 159 Å². The number of hydrazine groups is 1. The number of hydrogen-bond acceptors (Lipinski definition) is 7. The van der Waals surface area contributed by atoms with Crippen molar-refractivity contribution >= 4 is 23.4 Å². The predicted molar refractivity (Wildman–Crippen MR) is 146 cm³/mol. The molecule has 0 spiro atoms. The molecule has 0 radical (unpaired) electrons. The lowest BCUT2D eigenvalue weighted by Gasteiger charge is -2.10. The van der Waals surface area contributed by atoms with Crippen LogP contribution in [0.4, 0.5) is 0 Å². The SMILES string of the molecule is CC.CSCCc1nc(C)ccc1/C(N)=N/N.Cc1ccc(-n2cccc2/C(=N/N)NN)cc1. The molecule has 0 bridgehead atoms. The fourth-order valence-electron chi connectivity index (χ4n) is 2.98. The largest absolute Gasteiger partial charge is 0.382 e. The predicted octanol–water partition coefficient (Wildman–Crippen LogP) is 2.77. The highest BCUT2D eigenvalue weighted by atomic mass is 32.2. The number of amidine groups is 2. The van der Waals surface area contributed by atoms with Gasteiger partial charge in [0, 0.05) is 23.1 Å². The van der Waals surface area contributed by atoms with E-state index >= 15 is 0 Å². The van der Waals surface area contributed by atoms with E-state index in [0.29, 0.717) is 11.7 Å². The second-order valence-corrected chi connectivity index (χ2v) is 7.91. The monoisotopic (exact) mass is 483 g/mol. The van der Waals surface area contributed by atoms with Crippen LogP contribution in [0.2, 0.25) is 0 Å². The van der Waals surface area contributed by atoms with Crippen LogP contribution < -0.4 is 28.7 Å². The number of pyridine rings is 1. The van der Waals surface area contributed by atoms with Crippen molar-refractivity contribution in [2.45, 2.75) is 34.1 Å². The number of hydrogen-bond donors (Lipinski definition) is 5. The molecule has 0 unspecified atom stereocenters. The summed E-state index contributed by atoms with van der Waals surface area (Å²) in [5.74, 6) is 17.6. The second kappa shape index (κ2) is 15.4. The lowest BCUT2D eigenvalue weighted by Crippen LogP contribution is -2.33. The van der Waals surface area contributed by atoms with Gasteiger partial charge in [-0.15, -0.1) is 0 Å². The van der Waals surface area contributed by atoms with Gasteiger partial charge in [-0.3, -0.25) is 4.98 Å². The summed E-state index contributed by atoms with van der Waals surface area (Å²) in [6, 6.07) is 15.8. The zero-order chi connectivity index (χ0) is 25.5. The Hall–Kier alpha value is -3.50. The Bertz CT molecular complexity index is 1060. The van der Waals surface area contributed by atoms with Gasteiger partial charge in [0.1, 0.15) is 0 Å². The van der Waals surface area contributed by atoms with Crippen molar-refractivity contribution < 1.29 is 0 Å². The van der Waals surface area contributed by atoms with Gasteiger partial charge in [0.2, 0.25) is 0 Å². The van der Waals surface area contributed by atoms with E-state index in [9.17, 15) is 0 Å². The third-order valence-electron chi connectivity index (χ3n) is 4.64. The Morgan fingerprint density at radius 1 is 1.03 bits per heavy atom. The highest BCUT2D eigenvalue weighted by molar-refractivity contribution is 7.98. The van der Waals surface area contributed by atoms with E-state index in [1.165, 1.54) is 5.56 Å². The zero-order valence-corrected chi connectivity index (χ0v) is 21.4. The maximum atomic E-state index is 5.70. The van der Waals surface area contributed by atoms with Crippen LogP contribution in [0.25, 0.3) is 5.69 Å². The highest BCUT2D eigenvalue weighted by Crippen LogP contribution is 2.14. The molecule has 34 heavy (non-hydrogen) atoms. The third kappa shape index (κ3) is 8.13. The standard InChI is InChI=1S/C12H15N5.C10H16N4S.C2H6/c1-9-4-6-10(7-5-9)17-8-2-3-11(17)12(15-13)16-14;1-7-3-4-8(10(11)14-12)9(13-7)5-6-15-2;1-2/h2-8H,13-14H2,1H3,(H,15,16);3-4H,5-6,12H2,1-2H3,(H2,11,14);1-2H3. The molecular formula is C24H37N9S. The molecular weight excluding hydrogens is 446 g/mol. The Labute approximate surface area is 206 Å². The van der Waals surface area contributed by atoms with Gasteiger partial charge in [-0.2, -0.15) is 22.0 Å². The highest BCUT2D eigenvalue weighted by Gasteiger charge is 2.09. The van der Waals surface area contributed by atoms with Gasteiger partial charge in [-0.1, -0.05) is 31.5 Å². The first kappa shape index (κ1) is 28.5. The maximum Gasteiger partial charge on any atom is 0.183 e. The number of nitrogens with two attached hydrogens (primary N) is 4. The van der Waals surface area contributed by atoms with Crippen LogP contribution in [0.3, 0.4) is 0 Å². The molecule has 0 amide bonds. The zero-order valence-electron chi connectivity index (χ0n) is 20.6. The van der Waals surface area contributed by atoms with Crippen molar-refractivity contribution in [3.8, 4) is 5.69 Å². The number of hydrazone groups is 2. The van der Waals surface area contributed by atoms with Crippen LogP contribution in [0.15, 0.2) is 64.9 Å². The van der Waals surface area contributed by atoms with Crippen molar-refractivity contribution in [3.63, 3.8) is 0 Å². The fraction of sp³-hybridized carbons (Fsp3) is 0.292. The molecule has 0 aliphatic rings. The van der Waals surface area contributed by atoms with Gasteiger partial charge in [0.25, 0.3) is 0 Å². The van der Waals surface area contributed by atoms with Crippen molar-refractivity contribution in [3.05, 3.63) is 82.9 Å². The van der Waals surface area contributed by atoms with Crippen LogP contribution in [0.5, 0.6) is 0 Å². The maximum absolute atomic E-state index is 5.70. The second-order valence-electron chi connectivity index (χ2n) is 6.93. The van der Waals surface area contributed by atoms with Crippen LogP contribution >= 0.6 is 11.8 Å². The van der Waals surface area contributed by atoms with Gasteiger partial charge in [-0.25, -0.2) is 5.84 Å². The van der Waals surface area contributed by atoms with E-state index in [-0.39, 0.29) is 0 Å². The average molecular weight is 484 g/mol. The van der Waals surface area contributed by atoms with Crippen molar-refractivity contribution in [2.75, 3.05) is 12.0 Å². The van der Waals surface area contributed by atoms with Crippen molar-refractivity contribution in [1.29, 1.82) is 0 Å². The molecule has 9 nitrogen and oxygen atoms in total. The van der Waals surface area contributed by atoms with E-state index in [2.05, 4.69) is 33.8 Å². The molecule has 0 fully saturated rings. The Morgan fingerprint density at radius 2 is 1.71 bits per heavy atom. The number of rotatable bonds is 6. The van der Waals surface area contributed by atoms with Gasteiger partial charge >= 0.3 is 0 Å². The number of nitrogens with one attached hydrogen (secondary N) is 1. The van der Waals surface area contributed by atoms with E-state index < -0.39 is 0 Å². The molecule has 9 N–H and O–H groups in total. The minimum atomic E-state index is 0.346. The number of aryl methyl sites for hydroxylation is 3. The summed E-state index contributed by atoms with van der Waals surface area (Å²) in [6.07, 6.45) is 4.88. The lowest BCUT2D eigenvalue weighted by atomic mass is 10.1. The van der Waals surface area contributed by atoms with Gasteiger partial charge in [-0.05, 0) is 68.7 Å². The molecule has 2 aromatic heterocycles. The van der Waals surface area contributed by atoms with E-state index in [4.69, 9.17) is 23.3 Å². The van der Waals surface area contributed by atoms with Crippen molar-refractivity contribution in [2.24, 2.45) is 33.5 Å². The van der Waals surface area contributed by atoms with E-state index in [1.54, 1.807) is 11.8 Å². The Balaban J connectivity index is 0.000000320. The summed E-state index contributed by atoms with van der Waals surface area (Å²) in [4.78, 5) is 4.45. The molecule has 10 heteroatoms. The number of thioether (sulfide) groups is 1. The van der Waals surface area contributed by atoms with E-state index in [0.717, 1.165) is 40.5 Å². The quantitative estimate of drug-likeness (QED) is 0.156. The number of aromatic nitrogens is 2. The normalized spacial score (nSPS) is 11.1. The van der Waals surface area contributed by atoms with Gasteiger partial charge < -0.3 is 27.4 Å². The molecule has 0 aliphatic heterocycles. The van der Waals surface area contributed by atoms with Crippen molar-refractivity contribution in [1.82, 2.24) is 15.0 Å². The Morgan fingerprint density at radius 3 is 2.26 bits per heavy atom. The minimum absolute atomic E-state index is 0.346. The van der Waals surface area contributed by atoms with Crippen LogP contribution in [-0.4, -0.2) is 33.2 Å². The molecule has 0 atom stereocenters. The first-order valence-corrected chi connectivity index (χ1v) is 12.3. The molecule has 3 aromatic rings. The van der Waals surface area contributed by atoms with E-state index in [1.807, 2.05) is 80.1 Å². The molecule has 0 aliphatic carbocycles. The molecule has 184 valence electrons. The summed E-state index contributed by atoms with van der Waals surface area (Å²) in [5.41, 5.74) is 14.0. The number of benzene rings is 1. The molecule has 2 heterocycles. The fourth-order valence-corrected chi connectivity index (χ4v) is 3.38. The van der Waals surface area contributed by atoms with Crippen LogP contribution in [0.1, 0.15) is 42.1 Å². The summed E-state index contributed by atoms with van der Waals surface area (Å²) in [6.45, 7) is 8.01. The first-order valence-electron chi connectivity index (χ1n) is 10.9. The molecule has 3 rings (SSSR count). The molecule has 0 saturated heterocycles. The molecule has 1 aromatic carbocycles. The van der Waals surface area contributed by atoms with Gasteiger partial charge in [0.05, 0.1) is 11.4 Å². The number of nitrogens with zero attached hydrogens (tertiary/aromatic N) is 4. The van der Waals surface area contributed by atoms with Gasteiger partial charge in [0.15, 0.2) is 11.7 Å². The summed E-state index contributed by atoms with van der Waals surface area (Å²) < 4.78 is 1.96. The minimum Gasteiger partial charge on any atom is -0.382 e. The van der Waals surface area contributed by atoms with Crippen LogP contribution in [-0.2, 0) is 6.42 Å². The smallest absolute Gasteiger partial charge is 0.183 e. The van der Waals surface area contributed by atoms with Crippen LogP contribution in [0, 0.1) is 13.8 Å². The first-order chi connectivity index (χ1) is 16.4. The summed E-state index contributed by atoms with van der Waals surface area (Å²) in [5, 5.41) is 7.12. The molecule has 0 saturated carbocycles.